The van der Waals surface area contributed by atoms with Crippen molar-refractivity contribution < 1.29 is 24.2 Å². The van der Waals surface area contributed by atoms with Gasteiger partial charge < -0.3 is 30.5 Å². The van der Waals surface area contributed by atoms with Crippen LogP contribution in [0.25, 0.3) is 0 Å². The van der Waals surface area contributed by atoms with Crippen molar-refractivity contribution >= 4 is 12.2 Å². The number of ether oxygens (including phenoxy) is 2. The highest BCUT2D eigenvalue weighted by atomic mass is 16.6. The summed E-state index contributed by atoms with van der Waals surface area (Å²) in [6, 6.07) is 0. The molecule has 0 saturated carbocycles. The quantitative estimate of drug-likeness (QED) is 0.348. The van der Waals surface area contributed by atoms with Crippen molar-refractivity contribution in [2.24, 2.45) is 0 Å². The van der Waals surface area contributed by atoms with Crippen molar-refractivity contribution in [2.45, 2.75) is 38.9 Å². The van der Waals surface area contributed by atoms with E-state index in [4.69, 9.17) is 9.47 Å². The van der Waals surface area contributed by atoms with Gasteiger partial charge in [0.15, 0.2) is 0 Å². The second kappa shape index (κ2) is 11.7. The van der Waals surface area contributed by atoms with E-state index in [-0.39, 0.29) is 13.2 Å². The lowest BCUT2D eigenvalue weighted by Crippen LogP contribution is -2.39. The zero-order valence-electron chi connectivity index (χ0n) is 14.2. The first-order valence-corrected chi connectivity index (χ1v) is 7.61. The summed E-state index contributed by atoms with van der Waals surface area (Å²) in [6.07, 6.45) is 0.402. The molecule has 134 valence electrons. The minimum Gasteiger partial charge on any atom is -0.445 e. The maximum atomic E-state index is 11.4. The Morgan fingerprint density at radius 2 is 1.87 bits per heavy atom. The molecule has 23 heavy (non-hydrogen) atoms. The minimum atomic E-state index is -0.718. The molecule has 0 aliphatic carbocycles. The zero-order valence-corrected chi connectivity index (χ0v) is 14.2. The molecule has 2 amide bonds. The van der Waals surface area contributed by atoms with Crippen molar-refractivity contribution in [3.05, 3.63) is 12.7 Å². The van der Waals surface area contributed by atoms with Crippen molar-refractivity contribution in [3.8, 4) is 0 Å². The third kappa shape index (κ3) is 14.9. The van der Waals surface area contributed by atoms with Crippen molar-refractivity contribution in [1.29, 1.82) is 0 Å². The summed E-state index contributed by atoms with van der Waals surface area (Å²) < 4.78 is 9.80. The van der Waals surface area contributed by atoms with Crippen molar-refractivity contribution in [3.63, 3.8) is 0 Å². The first-order valence-electron chi connectivity index (χ1n) is 7.61. The number of aliphatic hydroxyl groups excluding tert-OH is 1. The highest BCUT2D eigenvalue weighted by Gasteiger charge is 2.15. The Bertz CT molecular complexity index is 369. The van der Waals surface area contributed by atoms with Crippen LogP contribution in [0.5, 0.6) is 0 Å². The highest BCUT2D eigenvalue weighted by Crippen LogP contribution is 2.06. The highest BCUT2D eigenvalue weighted by molar-refractivity contribution is 5.67. The van der Waals surface area contributed by atoms with Gasteiger partial charge in [-0.15, -0.1) is 0 Å². The van der Waals surface area contributed by atoms with Crippen LogP contribution in [0.3, 0.4) is 0 Å². The van der Waals surface area contributed by atoms with Crippen LogP contribution in [0, 0.1) is 0 Å². The fraction of sp³-hybridized carbons (Fsp3) is 0.733. The molecule has 4 N–H and O–H groups in total. The van der Waals surface area contributed by atoms with Crippen LogP contribution in [0.15, 0.2) is 12.7 Å². The Labute approximate surface area is 137 Å². The molecule has 0 aromatic heterocycles. The first kappa shape index (κ1) is 21.2. The summed E-state index contributed by atoms with van der Waals surface area (Å²) >= 11 is 0. The largest absolute Gasteiger partial charge is 0.445 e. The number of rotatable bonds is 10. The van der Waals surface area contributed by atoms with Gasteiger partial charge >= 0.3 is 12.2 Å². The van der Waals surface area contributed by atoms with Gasteiger partial charge in [0.05, 0.1) is 6.10 Å². The summed E-state index contributed by atoms with van der Waals surface area (Å²) in [5.41, 5.74) is -0.508. The molecule has 8 nitrogen and oxygen atoms in total. The van der Waals surface area contributed by atoms with Crippen LogP contribution < -0.4 is 16.0 Å². The predicted octanol–water partition coefficient (Wildman–Crippen LogP) is 0.764. The molecule has 8 heteroatoms. The van der Waals surface area contributed by atoms with Crippen LogP contribution in [-0.4, -0.2) is 61.8 Å². The Hall–Kier alpha value is -1.80. The van der Waals surface area contributed by atoms with Crippen LogP contribution in [0.1, 0.15) is 27.2 Å². The normalized spacial score (nSPS) is 12.2. The predicted molar refractivity (Wildman–Crippen MR) is 87.3 cm³/mol. The van der Waals surface area contributed by atoms with Gasteiger partial charge in [0.2, 0.25) is 0 Å². The van der Waals surface area contributed by atoms with Crippen LogP contribution in [0.4, 0.5) is 9.59 Å². The number of alkyl carbamates (subject to hydrolysis) is 2. The number of carbonyl (C=O) groups is 2. The molecule has 0 aromatic rings. The number of hydrogen-bond acceptors (Lipinski definition) is 6. The van der Waals surface area contributed by atoms with Crippen LogP contribution >= 0.6 is 0 Å². The Morgan fingerprint density at radius 1 is 1.17 bits per heavy atom. The van der Waals surface area contributed by atoms with Gasteiger partial charge in [-0.2, -0.15) is 0 Å². The first-order chi connectivity index (χ1) is 10.7. The number of amides is 2. The van der Waals surface area contributed by atoms with E-state index in [0.717, 1.165) is 0 Å². The Balaban J connectivity index is 3.52. The molecule has 0 heterocycles. The summed E-state index contributed by atoms with van der Waals surface area (Å²) in [6.45, 7) is 10.5. The van der Waals surface area contributed by atoms with Gasteiger partial charge in [-0.25, -0.2) is 9.59 Å². The lowest BCUT2D eigenvalue weighted by molar-refractivity contribution is 0.0527. The fourth-order valence-electron chi connectivity index (χ4n) is 1.45. The smallest absolute Gasteiger partial charge is 0.407 e. The summed E-state index contributed by atoms with van der Waals surface area (Å²) in [4.78, 5) is 22.5. The molecule has 0 saturated heterocycles. The second-order valence-electron chi connectivity index (χ2n) is 5.91. The molecule has 0 spiro atoms. The maximum Gasteiger partial charge on any atom is 0.407 e. The third-order valence-electron chi connectivity index (χ3n) is 2.39. The van der Waals surface area contributed by atoms with E-state index in [9.17, 15) is 14.7 Å². The average Bonchev–Trinajstić information content (AvgIpc) is 2.44. The molecular formula is C15H29N3O5. The monoisotopic (exact) mass is 331 g/mol. The van der Waals surface area contributed by atoms with Crippen LogP contribution in [0.2, 0.25) is 0 Å². The summed E-state index contributed by atoms with van der Waals surface area (Å²) in [5, 5.41) is 17.8. The maximum absolute atomic E-state index is 11.4. The average molecular weight is 331 g/mol. The Morgan fingerprint density at radius 3 is 2.48 bits per heavy atom. The van der Waals surface area contributed by atoms with Crippen molar-refractivity contribution in [2.75, 3.05) is 32.8 Å². The number of nitrogens with one attached hydrogen (secondary N) is 3. The molecule has 1 atom stereocenters. The number of aliphatic hydroxyl groups is 1. The van der Waals surface area contributed by atoms with Gasteiger partial charge in [0.1, 0.15) is 12.2 Å². The lowest BCUT2D eigenvalue weighted by Gasteiger charge is -2.19. The molecule has 0 bridgehead atoms. The molecule has 0 rings (SSSR count). The molecule has 0 aromatic carbocycles. The van der Waals surface area contributed by atoms with Gasteiger partial charge in [-0.05, 0) is 33.7 Å². The fourth-order valence-corrected chi connectivity index (χ4v) is 1.45. The molecule has 0 radical (unpaired) electrons. The summed E-state index contributed by atoms with van der Waals surface area (Å²) in [7, 11) is 0. The Kier molecular flexibility index (Phi) is 10.8. The van der Waals surface area contributed by atoms with Gasteiger partial charge in [-0.1, -0.05) is 12.7 Å². The van der Waals surface area contributed by atoms with Gasteiger partial charge in [-0.3, -0.25) is 0 Å². The van der Waals surface area contributed by atoms with E-state index >= 15 is 0 Å². The van der Waals surface area contributed by atoms with Gasteiger partial charge in [0, 0.05) is 19.6 Å². The van der Waals surface area contributed by atoms with E-state index in [2.05, 4.69) is 22.5 Å². The molecule has 0 unspecified atom stereocenters. The molecule has 0 fully saturated rings. The van der Waals surface area contributed by atoms with E-state index in [1.54, 1.807) is 20.8 Å². The van der Waals surface area contributed by atoms with Crippen molar-refractivity contribution in [1.82, 2.24) is 16.0 Å². The number of hydrogen-bond donors (Lipinski definition) is 4. The van der Waals surface area contributed by atoms with E-state index in [1.807, 2.05) is 0 Å². The number of carbonyl (C=O) groups excluding carboxylic acids is 2. The SMILES string of the molecule is C=CCOC(=O)NC[C@@H](O)CNCCCNC(=O)OC(C)(C)C. The second-order valence-corrected chi connectivity index (χ2v) is 5.91. The lowest BCUT2D eigenvalue weighted by atomic mass is 10.2. The molecule has 0 aliphatic rings. The topological polar surface area (TPSA) is 109 Å². The van der Waals surface area contributed by atoms with E-state index in [0.29, 0.717) is 26.1 Å². The van der Waals surface area contributed by atoms with Gasteiger partial charge in [0.25, 0.3) is 0 Å². The zero-order chi connectivity index (χ0) is 17.7. The standard InChI is InChI=1S/C15H29N3O5/c1-5-9-22-13(20)18-11-12(19)10-16-7-6-8-17-14(21)23-15(2,3)4/h5,12,16,19H,1,6-11H2,2-4H3,(H,17,21)(H,18,20)/t12-/m0/s1. The molecule has 0 aliphatic heterocycles. The van der Waals surface area contributed by atoms with E-state index < -0.39 is 23.9 Å². The minimum absolute atomic E-state index is 0.0964. The molecular weight excluding hydrogens is 302 g/mol. The van der Waals surface area contributed by atoms with Crippen LogP contribution in [-0.2, 0) is 9.47 Å². The third-order valence-corrected chi connectivity index (χ3v) is 2.39. The summed E-state index contributed by atoms with van der Waals surface area (Å²) in [5.74, 6) is 0. The van der Waals surface area contributed by atoms with E-state index in [1.165, 1.54) is 6.08 Å².